The number of carbonyl (C=O) groups is 1. The monoisotopic (exact) mass is 542 g/mol. The van der Waals surface area contributed by atoms with Crippen LogP contribution < -0.4 is 5.32 Å². The number of benzene rings is 2. The van der Waals surface area contributed by atoms with E-state index in [1.807, 2.05) is 0 Å². The van der Waals surface area contributed by atoms with E-state index in [1.54, 1.807) is 19.1 Å². The lowest BCUT2D eigenvalue weighted by Gasteiger charge is -2.12. The molecule has 11 heteroatoms. The topological polar surface area (TPSA) is 110 Å². The summed E-state index contributed by atoms with van der Waals surface area (Å²) >= 11 is 12.8. The minimum atomic E-state index is -3.34. The van der Waals surface area contributed by atoms with E-state index in [4.69, 9.17) is 23.2 Å². The number of halogens is 2. The molecule has 1 N–H and O–H groups in total. The molecule has 0 saturated carbocycles. The van der Waals surface area contributed by atoms with Crippen LogP contribution in [-0.4, -0.2) is 41.5 Å². The summed E-state index contributed by atoms with van der Waals surface area (Å²) in [6, 6.07) is 9.27. The number of anilines is 1. The Labute approximate surface area is 210 Å². The summed E-state index contributed by atoms with van der Waals surface area (Å²) in [4.78, 5) is 16.5. The maximum absolute atomic E-state index is 12.4. The number of nitrogens with one attached hydrogen (secondary N) is 1. The molecule has 7 nitrogen and oxygen atoms in total. The van der Waals surface area contributed by atoms with Crippen LogP contribution in [0, 0.1) is 0 Å². The fraction of sp³-hybridized carbons (Fsp3) is 0.217. The number of hydrogen-bond donors (Lipinski definition) is 1. The normalized spacial score (nSPS) is 13.0. The zero-order valence-electron chi connectivity index (χ0n) is 18.8. The Morgan fingerprint density at radius 1 is 1.06 bits per heavy atom. The van der Waals surface area contributed by atoms with Gasteiger partial charge in [0.2, 0.25) is 5.91 Å². The van der Waals surface area contributed by atoms with E-state index in [1.165, 1.54) is 43.3 Å². The van der Waals surface area contributed by atoms with Gasteiger partial charge in [-0.05, 0) is 55.6 Å². The Morgan fingerprint density at radius 3 is 2.09 bits per heavy atom. The first-order valence-corrected chi connectivity index (χ1v) is 14.2. The van der Waals surface area contributed by atoms with Gasteiger partial charge < -0.3 is 5.32 Å². The first-order valence-electron chi connectivity index (χ1n) is 9.94. The third kappa shape index (κ3) is 7.27. The number of carbonyl (C=O) groups excluding carboxylic acids is 1. The van der Waals surface area contributed by atoms with Gasteiger partial charge in [0, 0.05) is 28.1 Å². The number of nitrogens with zero attached hydrogens (tertiary/aromatic N) is 1. The molecule has 0 unspecified atom stereocenters. The van der Waals surface area contributed by atoms with E-state index < -0.39 is 25.6 Å². The Bertz CT molecular complexity index is 1360. The van der Waals surface area contributed by atoms with Crippen LogP contribution in [0.25, 0.3) is 11.1 Å². The van der Waals surface area contributed by atoms with Crippen molar-refractivity contribution < 1.29 is 21.6 Å². The first kappa shape index (κ1) is 27.8. The smallest absolute Gasteiger partial charge is 0.230 e. The van der Waals surface area contributed by atoms with Gasteiger partial charge in [0.05, 0.1) is 27.1 Å². The number of hydrogen-bond acceptors (Lipinski definition) is 6. The van der Waals surface area contributed by atoms with Crippen LogP contribution in [0.15, 0.2) is 69.0 Å². The third-order valence-electron chi connectivity index (χ3n) is 4.85. The molecule has 34 heavy (non-hydrogen) atoms. The molecular formula is C23H24Cl2N2O5S2. The number of rotatable bonds is 9. The number of aliphatic imine (C=N–C) groups is 1. The number of amides is 1. The lowest BCUT2D eigenvalue weighted by molar-refractivity contribution is -0.115. The van der Waals surface area contributed by atoms with Crippen molar-refractivity contribution in [3.63, 3.8) is 0 Å². The molecular weight excluding hydrogens is 519 g/mol. The first-order chi connectivity index (χ1) is 15.8. The predicted molar refractivity (Wildman–Crippen MR) is 139 cm³/mol. The third-order valence-corrected chi connectivity index (χ3v) is 8.50. The van der Waals surface area contributed by atoms with E-state index in [-0.39, 0.29) is 37.7 Å². The van der Waals surface area contributed by atoms with Crippen molar-refractivity contribution in [2.24, 2.45) is 4.99 Å². The van der Waals surface area contributed by atoms with Crippen LogP contribution in [0.5, 0.6) is 0 Å². The van der Waals surface area contributed by atoms with E-state index in [9.17, 15) is 21.6 Å². The van der Waals surface area contributed by atoms with Crippen LogP contribution in [0.1, 0.15) is 20.3 Å². The molecule has 0 aliphatic rings. The standard InChI is InChI=1S/C23H24Cl2N2O5S2/c1-5-34(31,32)19-10-7-16(8-11-19)23-20(24)12-18(13-21(23)25)27-22(28)14-17(26-3)9-6-15(2)33(4,29)30/h6-13H,3,5,14H2,1-2,4H3,(H,27,28)/b15-6+,17-9-. The highest BCUT2D eigenvalue weighted by Crippen LogP contribution is 2.37. The van der Waals surface area contributed by atoms with E-state index in [2.05, 4.69) is 17.0 Å². The lowest BCUT2D eigenvalue weighted by Crippen LogP contribution is -2.12. The van der Waals surface area contributed by atoms with Crippen LogP contribution in [0.3, 0.4) is 0 Å². The van der Waals surface area contributed by atoms with Gasteiger partial charge in [-0.25, -0.2) is 16.8 Å². The van der Waals surface area contributed by atoms with Gasteiger partial charge in [0.1, 0.15) is 0 Å². The quantitative estimate of drug-likeness (QED) is 0.340. The molecule has 0 spiro atoms. The zero-order chi connectivity index (χ0) is 25.7. The number of allylic oxidation sites excluding steroid dienone is 3. The molecule has 0 aliphatic heterocycles. The Morgan fingerprint density at radius 2 is 1.62 bits per heavy atom. The van der Waals surface area contributed by atoms with Crippen molar-refractivity contribution >= 4 is 61.2 Å². The molecule has 2 aromatic rings. The molecule has 0 aromatic heterocycles. The number of sulfone groups is 2. The summed E-state index contributed by atoms with van der Waals surface area (Å²) in [5.41, 5.74) is 1.74. The molecule has 0 atom stereocenters. The second kappa shape index (κ2) is 11.3. The lowest BCUT2D eigenvalue weighted by atomic mass is 10.0. The largest absolute Gasteiger partial charge is 0.326 e. The minimum absolute atomic E-state index is 0.00582. The van der Waals surface area contributed by atoms with Crippen LogP contribution in [0.4, 0.5) is 5.69 Å². The van der Waals surface area contributed by atoms with E-state index in [0.29, 0.717) is 16.8 Å². The molecule has 0 aliphatic carbocycles. The summed E-state index contributed by atoms with van der Waals surface area (Å²) in [7, 11) is -6.67. The second-order valence-electron chi connectivity index (χ2n) is 7.33. The molecule has 0 heterocycles. The molecule has 182 valence electrons. The molecule has 2 aromatic carbocycles. The second-order valence-corrected chi connectivity index (χ2v) is 12.6. The Hall–Kier alpha value is -2.46. The van der Waals surface area contributed by atoms with Gasteiger partial charge in [-0.2, -0.15) is 0 Å². The highest BCUT2D eigenvalue weighted by atomic mass is 35.5. The van der Waals surface area contributed by atoms with Gasteiger partial charge in [-0.3, -0.25) is 9.79 Å². The molecule has 2 rings (SSSR count). The van der Waals surface area contributed by atoms with Gasteiger partial charge in [0.15, 0.2) is 19.7 Å². The van der Waals surface area contributed by atoms with Crippen molar-refractivity contribution in [1.82, 2.24) is 0 Å². The van der Waals surface area contributed by atoms with Crippen LogP contribution in [0.2, 0.25) is 10.0 Å². The van der Waals surface area contributed by atoms with Crippen LogP contribution in [-0.2, 0) is 24.5 Å². The van der Waals surface area contributed by atoms with Crippen LogP contribution >= 0.6 is 23.2 Å². The predicted octanol–water partition coefficient (Wildman–Crippen LogP) is 5.32. The van der Waals surface area contributed by atoms with E-state index in [0.717, 1.165) is 6.26 Å². The minimum Gasteiger partial charge on any atom is -0.326 e. The average molecular weight is 543 g/mol. The Kier molecular flexibility index (Phi) is 9.24. The van der Waals surface area contributed by atoms with Crippen molar-refractivity contribution in [3.8, 4) is 11.1 Å². The van der Waals surface area contributed by atoms with Gasteiger partial charge in [-0.1, -0.05) is 42.3 Å². The SMILES string of the molecule is C=N/C(=C\C=C(/C)S(C)(=O)=O)CC(=O)Nc1cc(Cl)c(-c2ccc(S(=O)(=O)CC)cc2)c(Cl)c1. The highest BCUT2D eigenvalue weighted by molar-refractivity contribution is 7.94. The molecule has 1 amide bonds. The average Bonchev–Trinajstić information content (AvgIpc) is 2.75. The van der Waals surface area contributed by atoms with Crippen molar-refractivity contribution in [3.05, 3.63) is 69.2 Å². The molecule has 0 saturated heterocycles. The molecule has 0 bridgehead atoms. The summed E-state index contributed by atoms with van der Waals surface area (Å²) in [6.07, 6.45) is 3.70. The van der Waals surface area contributed by atoms with Crippen molar-refractivity contribution in [2.45, 2.75) is 25.2 Å². The fourth-order valence-electron chi connectivity index (χ4n) is 2.79. The van der Waals surface area contributed by atoms with Gasteiger partial charge in [-0.15, -0.1) is 0 Å². The summed E-state index contributed by atoms with van der Waals surface area (Å²) in [6.45, 7) is 6.41. The Balaban J connectivity index is 2.23. The molecule has 0 radical (unpaired) electrons. The van der Waals surface area contributed by atoms with Gasteiger partial charge in [0.25, 0.3) is 0 Å². The summed E-state index contributed by atoms with van der Waals surface area (Å²) in [5, 5.41) is 3.19. The van der Waals surface area contributed by atoms with Gasteiger partial charge >= 0.3 is 0 Å². The zero-order valence-corrected chi connectivity index (χ0v) is 21.9. The van der Waals surface area contributed by atoms with Crippen molar-refractivity contribution in [1.29, 1.82) is 0 Å². The maximum atomic E-state index is 12.4. The molecule has 0 fully saturated rings. The fourth-order valence-corrected chi connectivity index (χ4v) is 4.70. The van der Waals surface area contributed by atoms with Crippen molar-refractivity contribution in [2.75, 3.05) is 17.3 Å². The summed E-state index contributed by atoms with van der Waals surface area (Å²) in [5.74, 6) is -0.438. The van der Waals surface area contributed by atoms with E-state index >= 15 is 0 Å². The summed E-state index contributed by atoms with van der Waals surface area (Å²) < 4.78 is 47.0. The maximum Gasteiger partial charge on any atom is 0.230 e. The highest BCUT2D eigenvalue weighted by Gasteiger charge is 2.15.